The highest BCUT2D eigenvalue weighted by molar-refractivity contribution is 5.79. The Bertz CT molecular complexity index is 524. The maximum atomic E-state index is 13.0. The molecule has 1 heterocycles. The quantitative estimate of drug-likeness (QED) is 0.616. The summed E-state index contributed by atoms with van der Waals surface area (Å²) in [6, 6.07) is 6.47. The summed E-state index contributed by atoms with van der Waals surface area (Å²) in [7, 11) is 4.24. The van der Waals surface area contributed by atoms with Gasteiger partial charge < -0.3 is 20.3 Å². The van der Waals surface area contributed by atoms with E-state index in [1.165, 1.54) is 12.1 Å². The molecule has 1 saturated heterocycles. The predicted octanol–water partition coefficient (Wildman–Crippen LogP) is 1.99. The van der Waals surface area contributed by atoms with Crippen LogP contribution in [0.2, 0.25) is 0 Å². The molecule has 1 aliphatic rings. The van der Waals surface area contributed by atoms with Crippen LogP contribution in [0.15, 0.2) is 29.3 Å². The van der Waals surface area contributed by atoms with Crippen LogP contribution in [0.5, 0.6) is 0 Å². The average molecular weight is 336 g/mol. The first-order chi connectivity index (χ1) is 11.6. The second-order valence-corrected chi connectivity index (χ2v) is 6.41. The Labute approximate surface area is 144 Å². The largest absolute Gasteiger partial charge is 0.381 e. The van der Waals surface area contributed by atoms with E-state index < -0.39 is 0 Å². The maximum absolute atomic E-state index is 13.0. The molecule has 1 fully saturated rings. The molecule has 1 aromatic carbocycles. The summed E-state index contributed by atoms with van der Waals surface area (Å²) >= 11 is 0. The molecule has 1 aromatic rings. The summed E-state index contributed by atoms with van der Waals surface area (Å²) in [6.07, 6.45) is 2.01. The van der Waals surface area contributed by atoms with Crippen LogP contribution >= 0.6 is 0 Å². The van der Waals surface area contributed by atoms with Crippen molar-refractivity contribution in [1.29, 1.82) is 0 Å². The SMILES string of the molecule is CCNC(=NCc1ccc(F)cc1)NCC1(N(C)C)CCOCC1. The molecule has 6 heteroatoms. The fourth-order valence-electron chi connectivity index (χ4n) is 2.88. The number of hydrogen-bond donors (Lipinski definition) is 2. The molecule has 2 rings (SSSR count). The Morgan fingerprint density at radius 2 is 1.88 bits per heavy atom. The molecule has 0 aromatic heterocycles. The molecule has 0 bridgehead atoms. The van der Waals surface area contributed by atoms with Gasteiger partial charge in [-0.1, -0.05) is 12.1 Å². The van der Waals surface area contributed by atoms with Crippen molar-refractivity contribution in [2.75, 3.05) is 40.4 Å². The number of nitrogens with one attached hydrogen (secondary N) is 2. The van der Waals surface area contributed by atoms with Crippen LogP contribution in [0.25, 0.3) is 0 Å². The highest BCUT2D eigenvalue weighted by Crippen LogP contribution is 2.25. The molecule has 134 valence electrons. The first kappa shape index (κ1) is 18.7. The van der Waals surface area contributed by atoms with Crippen molar-refractivity contribution >= 4 is 5.96 Å². The van der Waals surface area contributed by atoms with E-state index in [0.29, 0.717) is 6.54 Å². The molecule has 2 N–H and O–H groups in total. The summed E-state index contributed by atoms with van der Waals surface area (Å²) < 4.78 is 18.5. The minimum Gasteiger partial charge on any atom is -0.381 e. The molecule has 0 atom stereocenters. The van der Waals surface area contributed by atoms with Crippen molar-refractivity contribution in [2.24, 2.45) is 4.99 Å². The predicted molar refractivity (Wildman–Crippen MR) is 95.7 cm³/mol. The van der Waals surface area contributed by atoms with Crippen LogP contribution in [0.1, 0.15) is 25.3 Å². The van der Waals surface area contributed by atoms with Crippen LogP contribution in [-0.4, -0.2) is 56.8 Å². The van der Waals surface area contributed by atoms with Crippen molar-refractivity contribution in [1.82, 2.24) is 15.5 Å². The number of ether oxygens (including phenoxy) is 1. The molecular weight excluding hydrogens is 307 g/mol. The van der Waals surface area contributed by atoms with Gasteiger partial charge in [-0.3, -0.25) is 0 Å². The number of nitrogens with zero attached hydrogens (tertiary/aromatic N) is 2. The normalized spacial score (nSPS) is 17.8. The zero-order chi connectivity index (χ0) is 17.4. The van der Waals surface area contributed by atoms with Crippen LogP contribution in [0, 0.1) is 5.82 Å². The van der Waals surface area contributed by atoms with E-state index in [9.17, 15) is 4.39 Å². The highest BCUT2D eigenvalue weighted by Gasteiger charge is 2.34. The number of likely N-dealkylation sites (N-methyl/N-ethyl adjacent to an activating group) is 1. The van der Waals surface area contributed by atoms with Crippen molar-refractivity contribution in [3.8, 4) is 0 Å². The van der Waals surface area contributed by atoms with E-state index in [2.05, 4.69) is 34.6 Å². The van der Waals surface area contributed by atoms with Crippen molar-refractivity contribution in [2.45, 2.75) is 31.8 Å². The third kappa shape index (κ3) is 5.18. The Balaban J connectivity index is 1.98. The molecule has 24 heavy (non-hydrogen) atoms. The van der Waals surface area contributed by atoms with Gasteiger partial charge in [0.25, 0.3) is 0 Å². The average Bonchev–Trinajstić information content (AvgIpc) is 2.59. The van der Waals surface area contributed by atoms with Gasteiger partial charge in [-0.05, 0) is 51.6 Å². The standard InChI is InChI=1S/C18H29FN4O/c1-4-20-17(21-13-15-5-7-16(19)8-6-15)22-14-18(23(2)3)9-11-24-12-10-18/h5-8H,4,9-14H2,1-3H3,(H2,20,21,22). The first-order valence-electron chi connectivity index (χ1n) is 8.57. The Kier molecular flexibility index (Phi) is 6.99. The number of guanidine groups is 1. The Hall–Kier alpha value is -1.66. The van der Waals surface area contributed by atoms with E-state index in [1.54, 1.807) is 12.1 Å². The Morgan fingerprint density at radius 1 is 1.21 bits per heavy atom. The van der Waals surface area contributed by atoms with Crippen molar-refractivity contribution in [3.05, 3.63) is 35.6 Å². The monoisotopic (exact) mass is 336 g/mol. The topological polar surface area (TPSA) is 48.9 Å². The lowest BCUT2D eigenvalue weighted by Crippen LogP contribution is -2.57. The van der Waals surface area contributed by atoms with E-state index in [4.69, 9.17) is 4.74 Å². The van der Waals surface area contributed by atoms with Crippen molar-refractivity contribution < 1.29 is 9.13 Å². The summed E-state index contributed by atoms with van der Waals surface area (Å²) in [5, 5.41) is 6.74. The highest BCUT2D eigenvalue weighted by atomic mass is 19.1. The van der Waals surface area contributed by atoms with Gasteiger partial charge in [0.15, 0.2) is 5.96 Å². The Morgan fingerprint density at radius 3 is 2.46 bits per heavy atom. The summed E-state index contributed by atoms with van der Waals surface area (Å²) in [5.41, 5.74) is 1.08. The van der Waals surface area contributed by atoms with Crippen molar-refractivity contribution in [3.63, 3.8) is 0 Å². The lowest BCUT2D eigenvalue weighted by molar-refractivity contribution is -0.00501. The summed E-state index contributed by atoms with van der Waals surface area (Å²) in [4.78, 5) is 6.89. The van der Waals surface area contributed by atoms with Crippen LogP contribution in [-0.2, 0) is 11.3 Å². The fraction of sp³-hybridized carbons (Fsp3) is 0.611. The van der Waals surface area contributed by atoms with E-state index in [1.807, 2.05) is 6.92 Å². The molecule has 0 unspecified atom stereocenters. The minimum absolute atomic E-state index is 0.0876. The number of benzene rings is 1. The molecule has 5 nitrogen and oxygen atoms in total. The van der Waals surface area contributed by atoms with Gasteiger partial charge in [0, 0.05) is 31.8 Å². The van der Waals surface area contributed by atoms with Gasteiger partial charge in [-0.25, -0.2) is 9.38 Å². The molecule has 0 radical (unpaired) electrons. The lowest BCUT2D eigenvalue weighted by atomic mass is 9.88. The molecule has 0 amide bonds. The van der Waals surface area contributed by atoms with Crippen LogP contribution in [0.3, 0.4) is 0 Å². The number of rotatable bonds is 6. The molecule has 0 saturated carbocycles. The zero-order valence-electron chi connectivity index (χ0n) is 14.9. The molecule has 0 spiro atoms. The number of aliphatic imine (C=N–C) groups is 1. The second-order valence-electron chi connectivity index (χ2n) is 6.41. The number of halogens is 1. The zero-order valence-corrected chi connectivity index (χ0v) is 14.9. The van der Waals surface area contributed by atoms with E-state index >= 15 is 0 Å². The molecule has 0 aliphatic carbocycles. The third-order valence-electron chi connectivity index (χ3n) is 4.63. The number of hydrogen-bond acceptors (Lipinski definition) is 3. The van der Waals surface area contributed by atoms with Gasteiger partial charge in [0.2, 0.25) is 0 Å². The first-order valence-corrected chi connectivity index (χ1v) is 8.57. The minimum atomic E-state index is -0.222. The molecule has 1 aliphatic heterocycles. The van der Waals surface area contributed by atoms with E-state index in [-0.39, 0.29) is 11.4 Å². The van der Waals surface area contributed by atoms with Gasteiger partial charge in [0.05, 0.1) is 6.54 Å². The summed E-state index contributed by atoms with van der Waals surface area (Å²) in [6.45, 7) is 5.77. The lowest BCUT2D eigenvalue weighted by Gasteiger charge is -2.43. The smallest absolute Gasteiger partial charge is 0.191 e. The third-order valence-corrected chi connectivity index (χ3v) is 4.63. The van der Waals surface area contributed by atoms with Crippen LogP contribution < -0.4 is 10.6 Å². The van der Waals surface area contributed by atoms with Gasteiger partial charge in [-0.15, -0.1) is 0 Å². The summed E-state index contributed by atoms with van der Waals surface area (Å²) in [5.74, 6) is 0.565. The van der Waals surface area contributed by atoms with Gasteiger partial charge in [-0.2, -0.15) is 0 Å². The van der Waals surface area contributed by atoms with Gasteiger partial charge in [0.1, 0.15) is 5.82 Å². The second kappa shape index (κ2) is 8.99. The molecular formula is C18H29FN4O. The maximum Gasteiger partial charge on any atom is 0.191 e. The van der Waals surface area contributed by atoms with Crippen LogP contribution in [0.4, 0.5) is 4.39 Å². The van der Waals surface area contributed by atoms with E-state index in [0.717, 1.165) is 50.7 Å². The fourth-order valence-corrected chi connectivity index (χ4v) is 2.88. The van der Waals surface area contributed by atoms with Gasteiger partial charge >= 0.3 is 0 Å².